The van der Waals surface area contributed by atoms with Crippen molar-refractivity contribution in [3.63, 3.8) is 0 Å². The topological polar surface area (TPSA) is 84.7 Å². The van der Waals surface area contributed by atoms with E-state index in [4.69, 9.17) is 10.6 Å². The lowest BCUT2D eigenvalue weighted by molar-refractivity contribution is -0.121. The summed E-state index contributed by atoms with van der Waals surface area (Å²) < 4.78 is 4.92. The number of ether oxygens (including phenoxy) is 1. The fourth-order valence-corrected chi connectivity index (χ4v) is 1.37. The molecule has 0 atom stereocenters. The lowest BCUT2D eigenvalue weighted by atomic mass is 10.2. The van der Waals surface area contributed by atoms with Gasteiger partial charge in [0.15, 0.2) is 0 Å². The van der Waals surface area contributed by atoms with Gasteiger partial charge < -0.3 is 9.64 Å². The highest BCUT2D eigenvalue weighted by molar-refractivity contribution is 5.76. The molecular formula is C11H23N3O3. The van der Waals surface area contributed by atoms with Crippen molar-refractivity contribution in [3.8, 4) is 0 Å². The average molecular weight is 245 g/mol. The number of nitrogens with one attached hydrogen (secondary N) is 1. The molecule has 6 heteroatoms. The van der Waals surface area contributed by atoms with E-state index in [1.165, 1.54) is 0 Å². The van der Waals surface area contributed by atoms with Crippen molar-refractivity contribution >= 4 is 12.0 Å². The molecule has 0 aromatic carbocycles. The molecule has 0 fully saturated rings. The van der Waals surface area contributed by atoms with Gasteiger partial charge in [-0.1, -0.05) is 19.8 Å². The van der Waals surface area contributed by atoms with E-state index < -0.39 is 0 Å². The van der Waals surface area contributed by atoms with Crippen molar-refractivity contribution in [2.45, 2.75) is 39.5 Å². The number of nitrogens with two attached hydrogens (primary N) is 1. The van der Waals surface area contributed by atoms with Gasteiger partial charge in [-0.05, 0) is 13.3 Å². The molecule has 0 aliphatic rings. The molecule has 0 aliphatic carbocycles. The van der Waals surface area contributed by atoms with Gasteiger partial charge in [0.05, 0.1) is 6.61 Å². The number of hydrogen-bond donors (Lipinski definition) is 2. The van der Waals surface area contributed by atoms with E-state index in [0.717, 1.165) is 19.3 Å². The number of hydrogen-bond acceptors (Lipinski definition) is 4. The third-order valence-electron chi connectivity index (χ3n) is 2.33. The van der Waals surface area contributed by atoms with Crippen molar-refractivity contribution in [1.82, 2.24) is 10.3 Å². The van der Waals surface area contributed by atoms with Gasteiger partial charge in [-0.2, -0.15) is 0 Å². The van der Waals surface area contributed by atoms with E-state index in [-0.39, 0.29) is 18.4 Å². The van der Waals surface area contributed by atoms with Crippen molar-refractivity contribution in [3.05, 3.63) is 0 Å². The van der Waals surface area contributed by atoms with Crippen molar-refractivity contribution in [1.29, 1.82) is 0 Å². The van der Waals surface area contributed by atoms with Gasteiger partial charge >= 0.3 is 6.09 Å². The summed E-state index contributed by atoms with van der Waals surface area (Å²) in [7, 11) is 0. The quantitative estimate of drug-likeness (QED) is 0.289. The van der Waals surface area contributed by atoms with Gasteiger partial charge in [-0.25, -0.2) is 10.6 Å². The van der Waals surface area contributed by atoms with Crippen LogP contribution in [0.25, 0.3) is 0 Å². The Kier molecular flexibility index (Phi) is 9.14. The zero-order valence-corrected chi connectivity index (χ0v) is 10.7. The van der Waals surface area contributed by atoms with Crippen molar-refractivity contribution in [2.75, 3.05) is 19.7 Å². The van der Waals surface area contributed by atoms with E-state index in [9.17, 15) is 9.59 Å². The second kappa shape index (κ2) is 9.89. The van der Waals surface area contributed by atoms with Crippen LogP contribution < -0.4 is 11.3 Å². The Hall–Kier alpha value is -1.30. The van der Waals surface area contributed by atoms with Crippen LogP contribution in [-0.2, 0) is 9.53 Å². The van der Waals surface area contributed by atoms with Crippen LogP contribution in [0.15, 0.2) is 0 Å². The largest absolute Gasteiger partial charge is 0.450 e. The Balaban J connectivity index is 4.09. The van der Waals surface area contributed by atoms with E-state index in [1.54, 1.807) is 11.8 Å². The molecule has 0 saturated heterocycles. The average Bonchev–Trinajstić information content (AvgIpc) is 2.33. The predicted octanol–water partition coefficient (Wildman–Crippen LogP) is 1.02. The Morgan fingerprint density at radius 2 is 1.94 bits per heavy atom. The summed E-state index contributed by atoms with van der Waals surface area (Å²) >= 11 is 0. The zero-order valence-electron chi connectivity index (χ0n) is 10.7. The maximum atomic E-state index is 11.6. The third kappa shape index (κ3) is 7.57. The second-order valence-electron chi connectivity index (χ2n) is 3.71. The standard InChI is InChI=1S/C11H23N3O3/c1-3-5-6-8-14(11(16)17-4-2)9-7-10(15)13-12/h3-9,12H2,1-2H3,(H,13,15). The first-order chi connectivity index (χ1) is 8.15. The lowest BCUT2D eigenvalue weighted by Gasteiger charge is -2.21. The van der Waals surface area contributed by atoms with Crippen LogP contribution in [0.3, 0.4) is 0 Å². The minimum Gasteiger partial charge on any atom is -0.450 e. The summed E-state index contributed by atoms with van der Waals surface area (Å²) in [5, 5.41) is 0. The highest BCUT2D eigenvalue weighted by atomic mass is 16.6. The normalized spacial score (nSPS) is 9.82. The first kappa shape index (κ1) is 15.7. The highest BCUT2D eigenvalue weighted by Crippen LogP contribution is 2.02. The summed E-state index contributed by atoms with van der Waals surface area (Å²) in [5.74, 6) is 4.70. The molecule has 17 heavy (non-hydrogen) atoms. The number of hydrazine groups is 1. The molecule has 0 heterocycles. The highest BCUT2D eigenvalue weighted by Gasteiger charge is 2.14. The molecule has 0 unspecified atom stereocenters. The van der Waals surface area contributed by atoms with Crippen LogP contribution in [0.1, 0.15) is 39.5 Å². The van der Waals surface area contributed by atoms with Crippen LogP contribution in [0.2, 0.25) is 0 Å². The molecule has 0 bridgehead atoms. The first-order valence-corrected chi connectivity index (χ1v) is 6.06. The molecule has 0 radical (unpaired) electrons. The monoisotopic (exact) mass is 245 g/mol. The number of carbonyl (C=O) groups is 2. The number of unbranched alkanes of at least 4 members (excludes halogenated alkanes) is 2. The van der Waals surface area contributed by atoms with Gasteiger partial charge in [0.1, 0.15) is 0 Å². The minimum absolute atomic E-state index is 0.196. The molecule has 2 amide bonds. The van der Waals surface area contributed by atoms with E-state index >= 15 is 0 Å². The van der Waals surface area contributed by atoms with Gasteiger partial charge in [0.25, 0.3) is 0 Å². The maximum Gasteiger partial charge on any atom is 0.409 e. The first-order valence-electron chi connectivity index (χ1n) is 6.06. The fourth-order valence-electron chi connectivity index (χ4n) is 1.37. The van der Waals surface area contributed by atoms with Gasteiger partial charge in [0.2, 0.25) is 5.91 Å². The molecule has 0 spiro atoms. The Morgan fingerprint density at radius 1 is 1.24 bits per heavy atom. The molecule has 0 rings (SSSR count). The molecule has 100 valence electrons. The number of nitrogens with zero attached hydrogens (tertiary/aromatic N) is 1. The van der Waals surface area contributed by atoms with Gasteiger partial charge in [0, 0.05) is 19.5 Å². The van der Waals surface area contributed by atoms with Crippen LogP contribution >= 0.6 is 0 Å². The van der Waals surface area contributed by atoms with Crippen LogP contribution in [0, 0.1) is 0 Å². The lowest BCUT2D eigenvalue weighted by Crippen LogP contribution is -2.38. The SMILES string of the molecule is CCCCCN(CCC(=O)NN)C(=O)OCC. The van der Waals surface area contributed by atoms with Crippen LogP contribution in [-0.4, -0.2) is 36.6 Å². The molecular weight excluding hydrogens is 222 g/mol. The van der Waals surface area contributed by atoms with Crippen LogP contribution in [0.4, 0.5) is 4.79 Å². The molecule has 0 aromatic rings. The third-order valence-corrected chi connectivity index (χ3v) is 2.33. The summed E-state index contributed by atoms with van der Waals surface area (Å²) in [4.78, 5) is 24.1. The van der Waals surface area contributed by atoms with E-state index in [1.807, 2.05) is 5.43 Å². The smallest absolute Gasteiger partial charge is 0.409 e. The Morgan fingerprint density at radius 3 is 2.47 bits per heavy atom. The number of carbonyl (C=O) groups excluding carboxylic acids is 2. The minimum atomic E-state index is -0.367. The summed E-state index contributed by atoms with van der Waals surface area (Å²) in [6.45, 7) is 5.15. The molecule has 0 aromatic heterocycles. The van der Waals surface area contributed by atoms with Gasteiger partial charge in [-0.3, -0.25) is 10.2 Å². The molecule has 3 N–H and O–H groups in total. The van der Waals surface area contributed by atoms with E-state index in [0.29, 0.717) is 19.7 Å². The Bertz CT molecular complexity index is 234. The summed E-state index contributed by atoms with van der Waals surface area (Å²) in [6, 6.07) is 0. The maximum absolute atomic E-state index is 11.6. The van der Waals surface area contributed by atoms with E-state index in [2.05, 4.69) is 6.92 Å². The number of amides is 2. The number of rotatable bonds is 8. The fraction of sp³-hybridized carbons (Fsp3) is 0.818. The molecule has 0 aliphatic heterocycles. The van der Waals surface area contributed by atoms with Crippen molar-refractivity contribution < 1.29 is 14.3 Å². The zero-order chi connectivity index (χ0) is 13.1. The summed E-state index contributed by atoms with van der Waals surface area (Å²) in [5.41, 5.74) is 2.04. The molecule has 0 saturated carbocycles. The summed E-state index contributed by atoms with van der Waals surface area (Å²) in [6.07, 6.45) is 2.88. The van der Waals surface area contributed by atoms with Crippen molar-refractivity contribution in [2.24, 2.45) is 5.84 Å². The second-order valence-corrected chi connectivity index (χ2v) is 3.71. The molecule has 6 nitrogen and oxygen atoms in total. The Labute approximate surface area is 102 Å². The predicted molar refractivity (Wildman–Crippen MR) is 65.1 cm³/mol. The van der Waals surface area contributed by atoms with Crippen LogP contribution in [0.5, 0.6) is 0 Å². The van der Waals surface area contributed by atoms with Gasteiger partial charge in [-0.15, -0.1) is 0 Å².